The molecular formula is C14H8O7. The van der Waals surface area contributed by atoms with Gasteiger partial charge in [-0.3, -0.25) is 0 Å². The zero-order chi connectivity index (χ0) is 14.9. The molecule has 0 bridgehead atoms. The minimum Gasteiger partial charge on any atom is -0.507 e. The SMILES string of the molecule is O=c1oc2c(O)c(O)cc3c2c2c(c(O)cc(O)c12)OC3. The van der Waals surface area contributed by atoms with E-state index in [1.807, 2.05) is 0 Å². The summed E-state index contributed by atoms with van der Waals surface area (Å²) in [5.74, 6) is -1.78. The molecule has 7 heteroatoms. The second-order valence-corrected chi connectivity index (χ2v) is 4.78. The fourth-order valence-electron chi connectivity index (χ4n) is 2.70. The Morgan fingerprint density at radius 3 is 2.43 bits per heavy atom. The average Bonchev–Trinajstić information content (AvgIpc) is 2.43. The first-order valence-electron chi connectivity index (χ1n) is 6.01. The number of phenolic OH excluding ortho intramolecular Hbond substituents is 4. The molecule has 4 N–H and O–H groups in total. The van der Waals surface area contributed by atoms with Gasteiger partial charge in [0.25, 0.3) is 0 Å². The van der Waals surface area contributed by atoms with E-state index in [9.17, 15) is 25.2 Å². The van der Waals surface area contributed by atoms with Crippen molar-refractivity contribution in [1.82, 2.24) is 0 Å². The van der Waals surface area contributed by atoms with Crippen molar-refractivity contribution in [2.45, 2.75) is 6.61 Å². The van der Waals surface area contributed by atoms with Gasteiger partial charge < -0.3 is 29.6 Å². The van der Waals surface area contributed by atoms with Gasteiger partial charge in [0.15, 0.2) is 22.8 Å². The third-order valence-electron chi connectivity index (χ3n) is 3.58. The highest BCUT2D eigenvalue weighted by molar-refractivity contribution is 6.14. The van der Waals surface area contributed by atoms with Crippen LogP contribution >= 0.6 is 0 Å². The van der Waals surface area contributed by atoms with E-state index in [1.54, 1.807) is 0 Å². The van der Waals surface area contributed by atoms with Crippen molar-refractivity contribution >= 4 is 21.7 Å². The van der Waals surface area contributed by atoms with Gasteiger partial charge in [-0.1, -0.05) is 0 Å². The molecule has 0 aliphatic carbocycles. The standard InChI is InChI=1S/C14H8O7/c15-5-2-7(17)12-10-8-4(3-20-12)1-6(16)11(18)13(8)21-14(19)9(5)10/h1-2,15-18H,3H2. The van der Waals surface area contributed by atoms with Crippen LogP contribution in [0.1, 0.15) is 5.56 Å². The van der Waals surface area contributed by atoms with E-state index in [2.05, 4.69) is 0 Å². The lowest BCUT2D eigenvalue weighted by Crippen LogP contribution is -2.09. The monoisotopic (exact) mass is 288 g/mol. The molecule has 0 spiro atoms. The number of hydrogen-bond acceptors (Lipinski definition) is 7. The fourth-order valence-corrected chi connectivity index (χ4v) is 2.70. The van der Waals surface area contributed by atoms with Gasteiger partial charge in [0.05, 0.1) is 5.39 Å². The molecule has 106 valence electrons. The van der Waals surface area contributed by atoms with Gasteiger partial charge in [0.2, 0.25) is 5.75 Å². The molecule has 1 aliphatic heterocycles. The Balaban J connectivity index is 2.45. The van der Waals surface area contributed by atoms with E-state index >= 15 is 0 Å². The topological polar surface area (TPSA) is 120 Å². The normalized spacial score (nSPS) is 13.0. The maximum absolute atomic E-state index is 12.0. The molecule has 0 saturated heterocycles. The van der Waals surface area contributed by atoms with Gasteiger partial charge in [-0.2, -0.15) is 0 Å². The molecule has 0 atom stereocenters. The van der Waals surface area contributed by atoms with Crippen LogP contribution in [0.15, 0.2) is 21.3 Å². The summed E-state index contributed by atoms with van der Waals surface area (Å²) in [5.41, 5.74) is -0.655. The van der Waals surface area contributed by atoms with E-state index in [0.29, 0.717) is 10.9 Å². The molecule has 0 radical (unpaired) electrons. The second-order valence-electron chi connectivity index (χ2n) is 4.78. The highest BCUT2D eigenvalue weighted by atomic mass is 16.5. The Morgan fingerprint density at radius 1 is 0.905 bits per heavy atom. The Hall–Kier alpha value is -3.09. The van der Waals surface area contributed by atoms with E-state index in [0.717, 1.165) is 6.07 Å². The van der Waals surface area contributed by atoms with E-state index in [4.69, 9.17) is 9.15 Å². The van der Waals surface area contributed by atoms with Crippen molar-refractivity contribution in [3.8, 4) is 28.7 Å². The predicted octanol–water partition coefficient (Wildman–Crippen LogP) is 1.66. The Kier molecular flexibility index (Phi) is 1.96. The number of benzene rings is 2. The number of hydrogen-bond donors (Lipinski definition) is 4. The molecule has 2 aromatic carbocycles. The van der Waals surface area contributed by atoms with Crippen LogP contribution in [0.4, 0.5) is 0 Å². The molecule has 1 aromatic heterocycles. The summed E-state index contributed by atoms with van der Waals surface area (Å²) >= 11 is 0. The highest BCUT2D eigenvalue weighted by Gasteiger charge is 2.27. The molecule has 7 nitrogen and oxygen atoms in total. The van der Waals surface area contributed by atoms with Gasteiger partial charge in [0.1, 0.15) is 17.7 Å². The zero-order valence-electron chi connectivity index (χ0n) is 10.4. The van der Waals surface area contributed by atoms with Crippen molar-refractivity contribution in [2.24, 2.45) is 0 Å². The molecule has 2 heterocycles. The zero-order valence-corrected chi connectivity index (χ0v) is 10.4. The highest BCUT2D eigenvalue weighted by Crippen LogP contribution is 2.49. The van der Waals surface area contributed by atoms with Gasteiger partial charge in [0, 0.05) is 17.0 Å². The minimum atomic E-state index is -0.909. The van der Waals surface area contributed by atoms with Crippen LogP contribution in [0.25, 0.3) is 21.7 Å². The van der Waals surface area contributed by atoms with E-state index in [-0.39, 0.29) is 34.5 Å². The molecule has 3 aromatic rings. The van der Waals surface area contributed by atoms with Crippen molar-refractivity contribution in [2.75, 3.05) is 0 Å². The molecule has 0 unspecified atom stereocenters. The fraction of sp³-hybridized carbons (Fsp3) is 0.0714. The molecule has 0 amide bonds. The molecule has 0 fully saturated rings. The Labute approximate surface area is 115 Å². The molecule has 1 aliphatic rings. The molecule has 21 heavy (non-hydrogen) atoms. The van der Waals surface area contributed by atoms with Crippen LogP contribution in [-0.2, 0) is 6.61 Å². The maximum atomic E-state index is 12.0. The quantitative estimate of drug-likeness (QED) is 0.282. The average molecular weight is 288 g/mol. The third kappa shape index (κ3) is 1.29. The summed E-state index contributed by atoms with van der Waals surface area (Å²) in [6.07, 6.45) is 0. The number of aromatic hydroxyl groups is 4. The van der Waals surface area contributed by atoms with Crippen LogP contribution in [0.5, 0.6) is 28.7 Å². The van der Waals surface area contributed by atoms with Crippen molar-refractivity contribution in [3.05, 3.63) is 28.1 Å². The largest absolute Gasteiger partial charge is 0.507 e. The van der Waals surface area contributed by atoms with Gasteiger partial charge in [-0.15, -0.1) is 0 Å². The Morgan fingerprint density at radius 2 is 1.67 bits per heavy atom. The van der Waals surface area contributed by atoms with Crippen LogP contribution in [-0.4, -0.2) is 20.4 Å². The molecular weight excluding hydrogens is 280 g/mol. The van der Waals surface area contributed by atoms with Gasteiger partial charge >= 0.3 is 5.63 Å². The maximum Gasteiger partial charge on any atom is 0.348 e. The lowest BCUT2D eigenvalue weighted by molar-refractivity contribution is 0.289. The summed E-state index contributed by atoms with van der Waals surface area (Å²) in [6, 6.07) is 2.27. The number of phenols is 4. The number of rotatable bonds is 0. The van der Waals surface area contributed by atoms with Crippen molar-refractivity contribution in [3.63, 3.8) is 0 Å². The van der Waals surface area contributed by atoms with Gasteiger partial charge in [-0.25, -0.2) is 4.79 Å². The third-order valence-corrected chi connectivity index (χ3v) is 3.58. The second kappa shape index (κ2) is 3.51. The predicted molar refractivity (Wildman–Crippen MR) is 71.0 cm³/mol. The number of ether oxygens (including phenoxy) is 1. The lowest BCUT2D eigenvalue weighted by Gasteiger charge is -2.20. The summed E-state index contributed by atoms with van der Waals surface area (Å²) < 4.78 is 10.4. The first-order valence-corrected chi connectivity index (χ1v) is 6.01. The Bertz CT molecular complexity index is 1000. The lowest BCUT2D eigenvalue weighted by atomic mass is 9.98. The molecule has 0 saturated carbocycles. The summed E-state index contributed by atoms with van der Waals surface area (Å²) in [6.45, 7) is 0.0124. The van der Waals surface area contributed by atoms with Crippen molar-refractivity contribution in [1.29, 1.82) is 0 Å². The van der Waals surface area contributed by atoms with Gasteiger partial charge in [-0.05, 0) is 6.07 Å². The van der Waals surface area contributed by atoms with E-state index in [1.165, 1.54) is 6.07 Å². The smallest absolute Gasteiger partial charge is 0.348 e. The van der Waals surface area contributed by atoms with Crippen LogP contribution in [0, 0.1) is 0 Å². The molecule has 4 rings (SSSR count). The first-order chi connectivity index (χ1) is 9.99. The van der Waals surface area contributed by atoms with Crippen LogP contribution in [0.2, 0.25) is 0 Å². The van der Waals surface area contributed by atoms with E-state index < -0.39 is 22.9 Å². The van der Waals surface area contributed by atoms with Crippen molar-refractivity contribution < 1.29 is 29.6 Å². The van der Waals surface area contributed by atoms with Crippen LogP contribution in [0.3, 0.4) is 0 Å². The van der Waals surface area contributed by atoms with Crippen LogP contribution < -0.4 is 10.4 Å². The minimum absolute atomic E-state index is 0.0124. The summed E-state index contributed by atoms with van der Waals surface area (Å²) in [4.78, 5) is 12.0. The summed E-state index contributed by atoms with van der Waals surface area (Å²) in [5, 5.41) is 39.6. The first kappa shape index (κ1) is 11.7. The summed E-state index contributed by atoms with van der Waals surface area (Å²) in [7, 11) is 0.